The molecule has 0 N–H and O–H groups in total. The number of aromatic nitrogens is 4. The van der Waals surface area contributed by atoms with E-state index in [1.807, 2.05) is 45.9 Å². The molecule has 1 aliphatic heterocycles. The molecule has 10 heteroatoms. The van der Waals surface area contributed by atoms with E-state index in [1.165, 1.54) is 23.9 Å². The number of rotatable bonds is 6. The van der Waals surface area contributed by atoms with Gasteiger partial charge in [-0.2, -0.15) is 0 Å². The summed E-state index contributed by atoms with van der Waals surface area (Å²) < 4.78 is 15.1. The Morgan fingerprint density at radius 3 is 2.46 bits per heavy atom. The van der Waals surface area contributed by atoms with Crippen molar-refractivity contribution in [1.29, 1.82) is 0 Å². The Labute approximate surface area is 211 Å². The second-order valence-corrected chi connectivity index (χ2v) is 9.32. The second-order valence-electron chi connectivity index (χ2n) is 7.97. The molecule has 0 bridgehead atoms. The second kappa shape index (κ2) is 10.5. The standard InChI is InChI=1S/C25H22ClFN6OS/c26-21-5-1-2-6-22(21)33-24(18-4-3-11-28-16-18)29-30-25(33)35-17-23(34)32-14-12-31(13-15-32)20-9-7-19(27)8-10-20/h1-11,16H,12-15,17H2. The zero-order valence-electron chi connectivity index (χ0n) is 18.7. The smallest absolute Gasteiger partial charge is 0.233 e. The first-order chi connectivity index (χ1) is 17.1. The minimum Gasteiger partial charge on any atom is -0.368 e. The van der Waals surface area contributed by atoms with Crippen molar-refractivity contribution >= 4 is 35.0 Å². The molecule has 4 aromatic rings. The van der Waals surface area contributed by atoms with E-state index < -0.39 is 0 Å². The molecule has 2 aromatic carbocycles. The summed E-state index contributed by atoms with van der Waals surface area (Å²) in [4.78, 5) is 21.2. The van der Waals surface area contributed by atoms with E-state index in [0.29, 0.717) is 42.2 Å². The number of thioether (sulfide) groups is 1. The maximum Gasteiger partial charge on any atom is 0.233 e. The molecule has 1 fully saturated rings. The van der Waals surface area contributed by atoms with E-state index in [2.05, 4.69) is 20.1 Å². The Morgan fingerprint density at radius 2 is 1.74 bits per heavy atom. The molecule has 35 heavy (non-hydrogen) atoms. The van der Waals surface area contributed by atoms with Crippen molar-refractivity contribution in [1.82, 2.24) is 24.6 Å². The lowest BCUT2D eigenvalue weighted by Gasteiger charge is -2.36. The fraction of sp³-hybridized carbons (Fsp3) is 0.200. The molecular formula is C25H22ClFN6OS. The zero-order chi connectivity index (χ0) is 24.2. The van der Waals surface area contributed by atoms with Crippen molar-refractivity contribution in [3.63, 3.8) is 0 Å². The van der Waals surface area contributed by atoms with E-state index in [4.69, 9.17) is 11.6 Å². The number of amides is 1. The van der Waals surface area contributed by atoms with Gasteiger partial charge in [0.1, 0.15) is 5.82 Å². The summed E-state index contributed by atoms with van der Waals surface area (Å²) >= 11 is 7.83. The maximum absolute atomic E-state index is 13.2. The third kappa shape index (κ3) is 5.16. The highest BCUT2D eigenvalue weighted by atomic mass is 35.5. The Morgan fingerprint density at radius 1 is 0.971 bits per heavy atom. The fourth-order valence-corrected chi connectivity index (χ4v) is 5.05. The van der Waals surface area contributed by atoms with Gasteiger partial charge in [0.2, 0.25) is 5.91 Å². The van der Waals surface area contributed by atoms with Crippen LogP contribution in [0.25, 0.3) is 17.1 Å². The Bertz CT molecular complexity index is 1310. The average Bonchev–Trinajstić information content (AvgIpc) is 3.32. The van der Waals surface area contributed by atoms with E-state index in [1.54, 1.807) is 24.5 Å². The lowest BCUT2D eigenvalue weighted by molar-refractivity contribution is -0.128. The molecule has 0 radical (unpaired) electrons. The number of carbonyl (C=O) groups excluding carboxylic acids is 1. The molecule has 0 unspecified atom stereocenters. The minimum atomic E-state index is -0.254. The van der Waals surface area contributed by atoms with Crippen LogP contribution in [0.1, 0.15) is 0 Å². The van der Waals surface area contributed by atoms with Gasteiger partial charge in [0, 0.05) is 49.8 Å². The fourth-order valence-electron chi connectivity index (χ4n) is 3.98. The Balaban J connectivity index is 1.29. The Hall–Kier alpha value is -3.43. The summed E-state index contributed by atoms with van der Waals surface area (Å²) in [7, 11) is 0. The Kier molecular flexibility index (Phi) is 6.96. The molecule has 1 aliphatic rings. The molecule has 0 saturated carbocycles. The normalized spacial score (nSPS) is 13.8. The number of hydrogen-bond acceptors (Lipinski definition) is 6. The number of carbonyl (C=O) groups is 1. The van der Waals surface area contributed by atoms with Gasteiger partial charge in [-0.15, -0.1) is 10.2 Å². The number of piperazine rings is 1. The highest BCUT2D eigenvalue weighted by Crippen LogP contribution is 2.31. The van der Waals surface area contributed by atoms with Gasteiger partial charge < -0.3 is 9.80 Å². The van der Waals surface area contributed by atoms with Crippen LogP contribution in [-0.2, 0) is 4.79 Å². The van der Waals surface area contributed by atoms with Crippen molar-refractivity contribution in [2.24, 2.45) is 0 Å². The number of anilines is 1. The highest BCUT2D eigenvalue weighted by Gasteiger charge is 2.24. The van der Waals surface area contributed by atoms with E-state index >= 15 is 0 Å². The van der Waals surface area contributed by atoms with Crippen LogP contribution in [-0.4, -0.2) is 62.5 Å². The first-order valence-electron chi connectivity index (χ1n) is 11.1. The van der Waals surface area contributed by atoms with Crippen molar-refractivity contribution in [2.45, 2.75) is 5.16 Å². The van der Waals surface area contributed by atoms with E-state index in [-0.39, 0.29) is 17.5 Å². The number of nitrogens with zero attached hydrogens (tertiary/aromatic N) is 6. The molecule has 7 nitrogen and oxygen atoms in total. The number of para-hydroxylation sites is 1. The van der Waals surface area contributed by atoms with Crippen molar-refractivity contribution in [3.8, 4) is 17.1 Å². The van der Waals surface area contributed by atoms with E-state index in [0.717, 1.165) is 16.9 Å². The van der Waals surface area contributed by atoms with Gasteiger partial charge in [0.25, 0.3) is 0 Å². The monoisotopic (exact) mass is 508 g/mol. The van der Waals surface area contributed by atoms with Crippen LogP contribution in [0.2, 0.25) is 5.02 Å². The van der Waals surface area contributed by atoms with Crippen LogP contribution in [0, 0.1) is 5.82 Å². The van der Waals surface area contributed by atoms with Crippen LogP contribution in [0.3, 0.4) is 0 Å². The first-order valence-corrected chi connectivity index (χ1v) is 12.5. The lowest BCUT2D eigenvalue weighted by atomic mass is 10.2. The molecule has 1 saturated heterocycles. The minimum absolute atomic E-state index is 0.0328. The number of hydrogen-bond donors (Lipinski definition) is 0. The van der Waals surface area contributed by atoms with Crippen molar-refractivity contribution in [2.75, 3.05) is 36.8 Å². The third-order valence-electron chi connectivity index (χ3n) is 5.80. The van der Waals surface area contributed by atoms with Crippen LogP contribution >= 0.6 is 23.4 Å². The maximum atomic E-state index is 13.2. The van der Waals surface area contributed by atoms with Gasteiger partial charge in [0.15, 0.2) is 11.0 Å². The largest absolute Gasteiger partial charge is 0.368 e. The highest BCUT2D eigenvalue weighted by molar-refractivity contribution is 7.99. The predicted molar refractivity (Wildman–Crippen MR) is 136 cm³/mol. The van der Waals surface area contributed by atoms with Gasteiger partial charge in [-0.3, -0.25) is 14.3 Å². The lowest BCUT2D eigenvalue weighted by Crippen LogP contribution is -2.49. The topological polar surface area (TPSA) is 67.2 Å². The molecule has 178 valence electrons. The third-order valence-corrected chi connectivity index (χ3v) is 7.03. The molecule has 2 aromatic heterocycles. The molecule has 0 aliphatic carbocycles. The summed E-state index contributed by atoms with van der Waals surface area (Å²) in [6.07, 6.45) is 3.42. The molecule has 3 heterocycles. The van der Waals surface area contributed by atoms with Crippen molar-refractivity contribution in [3.05, 3.63) is 83.9 Å². The number of benzene rings is 2. The number of halogens is 2. The van der Waals surface area contributed by atoms with Crippen LogP contribution in [0.15, 0.2) is 78.2 Å². The van der Waals surface area contributed by atoms with Crippen LogP contribution in [0.5, 0.6) is 0 Å². The molecule has 5 rings (SSSR count). The van der Waals surface area contributed by atoms with Gasteiger partial charge in [0.05, 0.1) is 16.5 Å². The zero-order valence-corrected chi connectivity index (χ0v) is 20.3. The summed E-state index contributed by atoms with van der Waals surface area (Å²) in [5.74, 6) is 0.613. The molecule has 0 spiro atoms. The molecular weight excluding hydrogens is 487 g/mol. The van der Waals surface area contributed by atoms with Gasteiger partial charge in [-0.25, -0.2) is 4.39 Å². The van der Waals surface area contributed by atoms with Gasteiger partial charge in [-0.05, 0) is 48.5 Å². The summed E-state index contributed by atoms with van der Waals surface area (Å²) in [6, 6.07) is 17.7. The average molecular weight is 509 g/mol. The summed E-state index contributed by atoms with van der Waals surface area (Å²) in [5, 5.41) is 9.88. The summed E-state index contributed by atoms with van der Waals surface area (Å²) in [5.41, 5.74) is 2.50. The van der Waals surface area contributed by atoms with Crippen molar-refractivity contribution < 1.29 is 9.18 Å². The summed E-state index contributed by atoms with van der Waals surface area (Å²) in [6.45, 7) is 2.61. The number of pyridine rings is 1. The molecule has 0 atom stereocenters. The molecule has 1 amide bonds. The van der Waals surface area contributed by atoms with E-state index in [9.17, 15) is 9.18 Å². The van der Waals surface area contributed by atoms with Gasteiger partial charge >= 0.3 is 0 Å². The van der Waals surface area contributed by atoms with Crippen LogP contribution < -0.4 is 4.90 Å². The first kappa shape index (κ1) is 23.3. The SMILES string of the molecule is O=C(CSc1nnc(-c2cccnc2)n1-c1ccccc1Cl)N1CCN(c2ccc(F)cc2)CC1. The quantitative estimate of drug-likeness (QED) is 0.356. The van der Waals surface area contributed by atoms with Crippen LogP contribution in [0.4, 0.5) is 10.1 Å². The van der Waals surface area contributed by atoms with Gasteiger partial charge in [-0.1, -0.05) is 35.5 Å². The predicted octanol–water partition coefficient (Wildman–Crippen LogP) is 4.56.